The molecule has 0 aliphatic rings. The highest BCUT2D eigenvalue weighted by Gasteiger charge is 1.59. The Morgan fingerprint density at radius 3 is 2.67 bits per heavy atom. The van der Waals surface area contributed by atoms with Crippen molar-refractivity contribution in [3.05, 3.63) is 19.1 Å². The minimum absolute atomic E-state index is 0.462. The van der Waals surface area contributed by atoms with Gasteiger partial charge in [-0.2, -0.15) is 5.11 Å². The van der Waals surface area contributed by atoms with E-state index in [0.717, 1.165) is 0 Å². The van der Waals surface area contributed by atoms with Crippen molar-refractivity contribution in [2.24, 2.45) is 5.11 Å². The number of hydrogen-bond acceptors (Lipinski definition) is 2. The quantitative estimate of drug-likeness (QED) is 0.490. The molecule has 0 aromatic rings. The van der Waals surface area contributed by atoms with Crippen molar-refractivity contribution in [3.63, 3.8) is 0 Å². The molecule has 0 saturated carbocycles. The summed E-state index contributed by atoms with van der Waals surface area (Å²) >= 11 is 0. The van der Waals surface area contributed by atoms with Crippen LogP contribution in [0.15, 0.2) is 17.3 Å². The minimum atomic E-state index is 0.462. The maximum atomic E-state index is 6.25. The third-order valence-corrected chi connectivity index (χ3v) is 0.363. The fourth-order valence-electron chi connectivity index (χ4n) is 0.127. The predicted molar refractivity (Wildman–Crippen MR) is 24.5 cm³/mol. The molecular weight excluding hydrogens is 76.1 g/mol. The second-order valence-corrected chi connectivity index (χ2v) is 0.812. The molecule has 0 spiro atoms. The van der Waals surface area contributed by atoms with Gasteiger partial charge in [0.2, 0.25) is 0 Å². The van der Waals surface area contributed by atoms with Crippen LogP contribution in [0.4, 0.5) is 0 Å². The smallest absolute Gasteiger partial charge is 0.0777 e. The molecule has 6 heavy (non-hydrogen) atoms. The Morgan fingerprint density at radius 1 is 1.83 bits per heavy atom. The molecule has 0 aromatic heterocycles. The Bertz CT molecular complexity index is 56.6. The van der Waals surface area contributed by atoms with Crippen LogP contribution < -0.4 is 0 Å². The van der Waals surface area contributed by atoms with Crippen molar-refractivity contribution in [1.29, 1.82) is 5.53 Å². The Balaban J connectivity index is 2.85. The normalized spacial score (nSPS) is 9.50. The molecule has 0 fully saturated rings. The van der Waals surface area contributed by atoms with Gasteiger partial charge in [-0.1, -0.05) is 12.2 Å². The molecule has 0 aliphatic carbocycles. The maximum Gasteiger partial charge on any atom is 0.0777 e. The lowest BCUT2D eigenvalue weighted by Gasteiger charge is -1.68. The van der Waals surface area contributed by atoms with E-state index in [2.05, 4.69) is 12.0 Å². The second-order valence-electron chi connectivity index (χ2n) is 0.812. The lowest BCUT2D eigenvalue weighted by molar-refractivity contribution is 1.00. The van der Waals surface area contributed by atoms with Crippen molar-refractivity contribution in [2.45, 2.75) is 0 Å². The molecule has 1 radical (unpaired) electrons. The summed E-state index contributed by atoms with van der Waals surface area (Å²) in [5, 5.41) is 3.05. The van der Waals surface area contributed by atoms with Gasteiger partial charge < -0.3 is 0 Å². The summed E-state index contributed by atoms with van der Waals surface area (Å²) in [4.78, 5) is 0. The minimum Gasteiger partial charge on any atom is -0.210 e. The molecular formula is C4H7N2. The molecule has 0 aliphatic heterocycles. The van der Waals surface area contributed by atoms with E-state index in [1.807, 2.05) is 0 Å². The number of allylic oxidation sites excluding steroid dienone is 1. The molecule has 1 N–H and O–H groups in total. The number of nitrogens with zero attached hydrogens (tertiary/aromatic N) is 1. The highest BCUT2D eigenvalue weighted by atomic mass is 14.9. The molecule has 0 aromatic carbocycles. The molecule has 0 amide bonds. The molecule has 0 heterocycles. The Hall–Kier alpha value is -0.660. The fourth-order valence-corrected chi connectivity index (χ4v) is 0.127. The van der Waals surface area contributed by atoms with Gasteiger partial charge in [-0.3, -0.25) is 0 Å². The first kappa shape index (κ1) is 5.34. The van der Waals surface area contributed by atoms with E-state index in [1.54, 1.807) is 12.2 Å². The Kier molecular flexibility index (Phi) is 3.86. The molecule has 0 saturated heterocycles. The average molecular weight is 83.1 g/mol. The van der Waals surface area contributed by atoms with Gasteiger partial charge in [-0.15, -0.1) is 0 Å². The lowest BCUT2D eigenvalue weighted by atomic mass is 10.5. The van der Waals surface area contributed by atoms with Gasteiger partial charge in [0, 0.05) is 0 Å². The van der Waals surface area contributed by atoms with E-state index >= 15 is 0 Å². The zero-order valence-corrected chi connectivity index (χ0v) is 3.52. The van der Waals surface area contributed by atoms with Crippen LogP contribution >= 0.6 is 0 Å². The first-order chi connectivity index (χ1) is 2.91. The van der Waals surface area contributed by atoms with Crippen molar-refractivity contribution in [2.75, 3.05) is 6.54 Å². The number of nitrogens with one attached hydrogen (secondary N) is 1. The number of hydrogen-bond donors (Lipinski definition) is 1. The van der Waals surface area contributed by atoms with Gasteiger partial charge in [0.25, 0.3) is 0 Å². The van der Waals surface area contributed by atoms with Crippen LogP contribution in [0.25, 0.3) is 0 Å². The van der Waals surface area contributed by atoms with Crippen LogP contribution in [0.5, 0.6) is 0 Å². The molecule has 0 unspecified atom stereocenters. The summed E-state index contributed by atoms with van der Waals surface area (Å²) in [5.41, 5.74) is 6.25. The van der Waals surface area contributed by atoms with Crippen molar-refractivity contribution in [1.82, 2.24) is 0 Å². The van der Waals surface area contributed by atoms with Crippen molar-refractivity contribution < 1.29 is 0 Å². The van der Waals surface area contributed by atoms with E-state index in [4.69, 9.17) is 5.53 Å². The summed E-state index contributed by atoms with van der Waals surface area (Å²) in [5.74, 6) is 0. The van der Waals surface area contributed by atoms with Gasteiger partial charge in [-0.25, -0.2) is 5.53 Å². The third kappa shape index (κ3) is 3.34. The van der Waals surface area contributed by atoms with Crippen LogP contribution in [-0.2, 0) is 0 Å². The molecule has 0 atom stereocenters. The summed E-state index contributed by atoms with van der Waals surface area (Å²) < 4.78 is 0. The van der Waals surface area contributed by atoms with Gasteiger partial charge in [0.05, 0.1) is 6.54 Å². The van der Waals surface area contributed by atoms with Crippen LogP contribution in [0.3, 0.4) is 0 Å². The van der Waals surface area contributed by atoms with E-state index < -0.39 is 0 Å². The zero-order valence-electron chi connectivity index (χ0n) is 3.52. The van der Waals surface area contributed by atoms with Crippen LogP contribution in [0.1, 0.15) is 0 Å². The van der Waals surface area contributed by atoms with E-state index in [-0.39, 0.29) is 0 Å². The van der Waals surface area contributed by atoms with Gasteiger partial charge in [0.15, 0.2) is 0 Å². The third-order valence-electron chi connectivity index (χ3n) is 0.363. The van der Waals surface area contributed by atoms with E-state index in [1.165, 1.54) is 0 Å². The van der Waals surface area contributed by atoms with E-state index in [9.17, 15) is 0 Å². The van der Waals surface area contributed by atoms with Crippen LogP contribution in [0, 0.1) is 12.5 Å². The molecule has 2 heteroatoms. The van der Waals surface area contributed by atoms with E-state index in [0.29, 0.717) is 6.54 Å². The SMILES string of the molecule is [CH2]C=CCN=N. The molecule has 2 nitrogen and oxygen atoms in total. The second kappa shape index (κ2) is 4.34. The summed E-state index contributed by atoms with van der Waals surface area (Å²) in [6.07, 6.45) is 3.34. The molecule has 33 valence electrons. The van der Waals surface area contributed by atoms with Gasteiger partial charge in [-0.05, 0) is 6.92 Å². The largest absolute Gasteiger partial charge is 0.210 e. The fraction of sp³-hybridized carbons (Fsp3) is 0.250. The summed E-state index contributed by atoms with van der Waals surface area (Å²) in [6.45, 7) is 3.86. The van der Waals surface area contributed by atoms with Crippen LogP contribution in [-0.4, -0.2) is 6.54 Å². The Labute approximate surface area is 37.4 Å². The predicted octanol–water partition coefficient (Wildman–Crippen LogP) is 1.41. The van der Waals surface area contributed by atoms with Gasteiger partial charge >= 0.3 is 0 Å². The molecule has 0 rings (SSSR count). The topological polar surface area (TPSA) is 36.2 Å². The maximum absolute atomic E-state index is 6.25. The first-order valence-corrected chi connectivity index (χ1v) is 1.69. The molecule has 0 bridgehead atoms. The summed E-state index contributed by atoms with van der Waals surface area (Å²) in [7, 11) is 0. The van der Waals surface area contributed by atoms with Gasteiger partial charge in [0.1, 0.15) is 0 Å². The van der Waals surface area contributed by atoms with Crippen molar-refractivity contribution >= 4 is 0 Å². The van der Waals surface area contributed by atoms with Crippen molar-refractivity contribution in [3.8, 4) is 0 Å². The average Bonchev–Trinajstić information content (AvgIpc) is 1.61. The standard InChI is InChI=1S/C4H7N2/c1-2-3-4-6-5/h2-3,5H,1,4H2. The lowest BCUT2D eigenvalue weighted by Crippen LogP contribution is -1.61. The highest BCUT2D eigenvalue weighted by Crippen LogP contribution is 1.68. The highest BCUT2D eigenvalue weighted by molar-refractivity contribution is 4.84. The summed E-state index contributed by atoms with van der Waals surface area (Å²) in [6, 6.07) is 0. The zero-order chi connectivity index (χ0) is 4.83. The monoisotopic (exact) mass is 83.1 g/mol. The van der Waals surface area contributed by atoms with Crippen LogP contribution in [0.2, 0.25) is 0 Å². The first-order valence-electron chi connectivity index (χ1n) is 1.69. The Morgan fingerprint density at radius 2 is 2.50 bits per heavy atom. The number of rotatable bonds is 2.